The molecule has 132 valence electrons. The first-order valence-electron chi connectivity index (χ1n) is 7.82. The minimum Gasteiger partial charge on any atom is -0.493 e. The van der Waals surface area contributed by atoms with Gasteiger partial charge in [-0.25, -0.2) is 0 Å². The minimum atomic E-state index is -0.303. The third-order valence-corrected chi connectivity index (χ3v) is 3.83. The Morgan fingerprint density at radius 3 is 2.00 bits per heavy atom. The van der Waals surface area contributed by atoms with E-state index >= 15 is 0 Å². The molecule has 0 aromatic heterocycles. The molecule has 1 aliphatic rings. The third-order valence-electron chi connectivity index (χ3n) is 3.83. The van der Waals surface area contributed by atoms with Gasteiger partial charge in [0.05, 0.1) is 33.2 Å². The first-order chi connectivity index (χ1) is 11.4. The number of amides is 2. The van der Waals surface area contributed by atoms with E-state index in [1.807, 2.05) is 13.8 Å². The summed E-state index contributed by atoms with van der Waals surface area (Å²) in [7, 11) is 4.53. The van der Waals surface area contributed by atoms with Crippen molar-refractivity contribution in [2.45, 2.75) is 26.3 Å². The molecule has 0 saturated heterocycles. The highest BCUT2D eigenvalue weighted by Crippen LogP contribution is 2.42. The van der Waals surface area contributed by atoms with E-state index in [-0.39, 0.29) is 29.7 Å². The van der Waals surface area contributed by atoms with Gasteiger partial charge < -0.3 is 24.8 Å². The molecular weight excluding hydrogens is 312 g/mol. The molecule has 1 aromatic rings. The Morgan fingerprint density at radius 1 is 1.00 bits per heavy atom. The van der Waals surface area contributed by atoms with Crippen LogP contribution in [0.15, 0.2) is 12.1 Å². The van der Waals surface area contributed by atoms with E-state index < -0.39 is 0 Å². The Morgan fingerprint density at radius 2 is 1.54 bits per heavy atom. The van der Waals surface area contributed by atoms with Crippen LogP contribution in [0, 0.1) is 11.8 Å². The Kier molecular flexibility index (Phi) is 5.54. The van der Waals surface area contributed by atoms with Gasteiger partial charge in [-0.3, -0.25) is 9.59 Å². The van der Waals surface area contributed by atoms with Crippen molar-refractivity contribution in [2.75, 3.05) is 26.6 Å². The second kappa shape index (κ2) is 7.42. The van der Waals surface area contributed by atoms with E-state index in [1.165, 1.54) is 21.3 Å². The fourth-order valence-electron chi connectivity index (χ4n) is 2.55. The zero-order chi connectivity index (χ0) is 17.9. The van der Waals surface area contributed by atoms with Gasteiger partial charge in [0.25, 0.3) is 0 Å². The topological polar surface area (TPSA) is 85.9 Å². The molecule has 1 aliphatic carbocycles. The maximum absolute atomic E-state index is 12.3. The summed E-state index contributed by atoms with van der Waals surface area (Å²) in [5, 5.41) is 5.64. The molecule has 1 fully saturated rings. The second-order valence-corrected chi connectivity index (χ2v) is 6.02. The van der Waals surface area contributed by atoms with Crippen molar-refractivity contribution in [1.82, 2.24) is 5.32 Å². The highest BCUT2D eigenvalue weighted by molar-refractivity contribution is 5.99. The molecule has 0 heterocycles. The Hall–Kier alpha value is -2.44. The number of hydrogen-bond donors (Lipinski definition) is 2. The second-order valence-electron chi connectivity index (χ2n) is 6.02. The molecule has 0 bridgehead atoms. The van der Waals surface area contributed by atoms with Gasteiger partial charge in [-0.2, -0.15) is 0 Å². The summed E-state index contributed by atoms with van der Waals surface area (Å²) in [6, 6.07) is 3.38. The quantitative estimate of drug-likeness (QED) is 0.793. The molecule has 7 heteroatoms. The maximum atomic E-state index is 12.3. The maximum Gasteiger partial charge on any atom is 0.228 e. The zero-order valence-electron chi connectivity index (χ0n) is 14.6. The van der Waals surface area contributed by atoms with E-state index in [0.29, 0.717) is 29.4 Å². The van der Waals surface area contributed by atoms with Crippen LogP contribution in [0.3, 0.4) is 0 Å². The van der Waals surface area contributed by atoms with Gasteiger partial charge in [0, 0.05) is 23.9 Å². The predicted molar refractivity (Wildman–Crippen MR) is 89.6 cm³/mol. The van der Waals surface area contributed by atoms with Gasteiger partial charge in [0.2, 0.25) is 17.6 Å². The van der Waals surface area contributed by atoms with Crippen molar-refractivity contribution in [3.05, 3.63) is 12.1 Å². The summed E-state index contributed by atoms with van der Waals surface area (Å²) in [6.07, 6.45) is 0.564. The van der Waals surface area contributed by atoms with Gasteiger partial charge in [-0.15, -0.1) is 0 Å². The molecule has 1 saturated carbocycles. The Bertz CT molecular complexity index is 604. The summed E-state index contributed by atoms with van der Waals surface area (Å²) < 4.78 is 15.8. The van der Waals surface area contributed by atoms with Gasteiger partial charge >= 0.3 is 0 Å². The number of hydrogen-bond acceptors (Lipinski definition) is 5. The van der Waals surface area contributed by atoms with Gasteiger partial charge in [-0.1, -0.05) is 0 Å². The van der Waals surface area contributed by atoms with E-state index in [4.69, 9.17) is 14.2 Å². The first-order valence-corrected chi connectivity index (χ1v) is 7.82. The van der Waals surface area contributed by atoms with E-state index in [2.05, 4.69) is 10.6 Å². The van der Waals surface area contributed by atoms with Crippen LogP contribution >= 0.6 is 0 Å². The highest BCUT2D eigenvalue weighted by atomic mass is 16.5. The normalized spacial score (nSPS) is 18.8. The number of carbonyl (C=O) groups is 2. The van der Waals surface area contributed by atoms with Crippen LogP contribution in [-0.2, 0) is 9.59 Å². The number of benzene rings is 1. The lowest BCUT2D eigenvalue weighted by Gasteiger charge is -2.14. The lowest BCUT2D eigenvalue weighted by atomic mass is 10.2. The average Bonchev–Trinajstić information content (AvgIpc) is 3.34. The van der Waals surface area contributed by atoms with E-state index in [0.717, 1.165) is 0 Å². The summed E-state index contributed by atoms with van der Waals surface area (Å²) in [5.41, 5.74) is 0.532. The van der Waals surface area contributed by atoms with Crippen LogP contribution in [0.25, 0.3) is 0 Å². The SMILES string of the molecule is COc1cc(NC(=O)C2CC2C(=O)NC(C)C)cc(OC)c1OC. The monoisotopic (exact) mass is 336 g/mol. The van der Waals surface area contributed by atoms with Crippen molar-refractivity contribution in [1.29, 1.82) is 0 Å². The molecule has 1 aromatic carbocycles. The standard InChI is InChI=1S/C17H24N2O5/c1-9(2)18-16(20)11-8-12(11)17(21)19-10-6-13(22-3)15(24-5)14(7-10)23-4/h6-7,9,11-12H,8H2,1-5H3,(H,18,20)(H,19,21). The van der Waals surface area contributed by atoms with E-state index in [9.17, 15) is 9.59 Å². The molecule has 7 nitrogen and oxygen atoms in total. The van der Waals surface area contributed by atoms with Crippen LogP contribution in [-0.4, -0.2) is 39.2 Å². The summed E-state index contributed by atoms with van der Waals surface area (Å²) in [4.78, 5) is 24.2. The number of ether oxygens (including phenoxy) is 3. The lowest BCUT2D eigenvalue weighted by molar-refractivity contribution is -0.125. The number of carbonyl (C=O) groups excluding carboxylic acids is 2. The van der Waals surface area contributed by atoms with Crippen LogP contribution in [0.2, 0.25) is 0 Å². The third kappa shape index (κ3) is 3.90. The van der Waals surface area contributed by atoms with Crippen LogP contribution in [0.1, 0.15) is 20.3 Å². The smallest absolute Gasteiger partial charge is 0.228 e. The van der Waals surface area contributed by atoms with Gasteiger partial charge in [-0.05, 0) is 20.3 Å². The molecule has 2 rings (SSSR count). The number of methoxy groups -OCH3 is 3. The molecular formula is C17H24N2O5. The van der Waals surface area contributed by atoms with E-state index in [1.54, 1.807) is 12.1 Å². The first kappa shape index (κ1) is 17.9. The van der Waals surface area contributed by atoms with Crippen molar-refractivity contribution < 1.29 is 23.8 Å². The molecule has 2 unspecified atom stereocenters. The van der Waals surface area contributed by atoms with Crippen molar-refractivity contribution >= 4 is 17.5 Å². The van der Waals surface area contributed by atoms with Crippen LogP contribution in [0.5, 0.6) is 17.2 Å². The number of nitrogens with one attached hydrogen (secondary N) is 2. The predicted octanol–water partition coefficient (Wildman–Crippen LogP) is 1.81. The molecule has 0 radical (unpaired) electrons. The Balaban J connectivity index is 2.06. The van der Waals surface area contributed by atoms with Crippen molar-refractivity contribution in [3.63, 3.8) is 0 Å². The number of anilines is 1. The Labute approximate surface area is 141 Å². The molecule has 2 atom stereocenters. The molecule has 2 amide bonds. The highest BCUT2D eigenvalue weighted by Gasteiger charge is 2.48. The molecule has 2 N–H and O–H groups in total. The lowest BCUT2D eigenvalue weighted by Crippen LogP contribution is -2.32. The van der Waals surface area contributed by atoms with Crippen molar-refractivity contribution in [3.8, 4) is 17.2 Å². The summed E-state index contributed by atoms with van der Waals surface area (Å²) >= 11 is 0. The minimum absolute atomic E-state index is 0.0666. The number of rotatable bonds is 7. The fourth-order valence-corrected chi connectivity index (χ4v) is 2.55. The fraction of sp³-hybridized carbons (Fsp3) is 0.529. The van der Waals surface area contributed by atoms with Crippen molar-refractivity contribution in [2.24, 2.45) is 11.8 Å². The average molecular weight is 336 g/mol. The summed E-state index contributed by atoms with van der Waals surface area (Å²) in [6.45, 7) is 3.79. The largest absolute Gasteiger partial charge is 0.493 e. The van der Waals surface area contributed by atoms with Crippen LogP contribution < -0.4 is 24.8 Å². The molecule has 0 spiro atoms. The zero-order valence-corrected chi connectivity index (χ0v) is 14.6. The molecule has 0 aliphatic heterocycles. The van der Waals surface area contributed by atoms with Crippen LogP contribution in [0.4, 0.5) is 5.69 Å². The van der Waals surface area contributed by atoms with Gasteiger partial charge in [0.1, 0.15) is 0 Å². The van der Waals surface area contributed by atoms with Gasteiger partial charge in [0.15, 0.2) is 11.5 Å². The summed E-state index contributed by atoms with van der Waals surface area (Å²) in [5.74, 6) is 0.549. The molecule has 24 heavy (non-hydrogen) atoms.